The van der Waals surface area contributed by atoms with Crippen LogP contribution in [0.4, 0.5) is 10.7 Å². The predicted molar refractivity (Wildman–Crippen MR) is 86.2 cm³/mol. The van der Waals surface area contributed by atoms with E-state index in [0.29, 0.717) is 23.7 Å². The molecule has 0 saturated heterocycles. The average Bonchev–Trinajstić information content (AvgIpc) is 2.79. The van der Waals surface area contributed by atoms with Crippen molar-refractivity contribution >= 4 is 43.9 Å². The lowest BCUT2D eigenvalue weighted by atomic mass is 10.2. The third-order valence-corrected chi connectivity index (χ3v) is 4.49. The van der Waals surface area contributed by atoms with Crippen molar-refractivity contribution in [2.45, 2.75) is 13.5 Å². The fourth-order valence-corrected chi connectivity index (χ4v) is 2.97. The second kappa shape index (κ2) is 6.76. The van der Waals surface area contributed by atoms with Crippen LogP contribution in [0.1, 0.15) is 22.2 Å². The molecule has 0 radical (unpaired) electrons. The van der Waals surface area contributed by atoms with Crippen LogP contribution in [0.3, 0.4) is 0 Å². The summed E-state index contributed by atoms with van der Waals surface area (Å²) in [4.78, 5) is 12.1. The van der Waals surface area contributed by atoms with Crippen molar-refractivity contribution < 1.29 is 9.53 Å². The number of thiophene rings is 1. The first kappa shape index (κ1) is 14.9. The van der Waals surface area contributed by atoms with E-state index in [1.165, 1.54) is 11.3 Å². The van der Waals surface area contributed by atoms with Crippen molar-refractivity contribution in [2.24, 2.45) is 0 Å². The fourth-order valence-electron chi connectivity index (χ4n) is 1.67. The first-order chi connectivity index (χ1) is 9.61. The molecule has 0 atom stereocenters. The summed E-state index contributed by atoms with van der Waals surface area (Å²) in [7, 11) is 0. The van der Waals surface area contributed by atoms with Crippen LogP contribution in [-0.4, -0.2) is 12.6 Å². The van der Waals surface area contributed by atoms with Gasteiger partial charge in [-0.25, -0.2) is 4.79 Å². The summed E-state index contributed by atoms with van der Waals surface area (Å²) in [6.07, 6.45) is 0. The molecule has 0 bridgehead atoms. The van der Waals surface area contributed by atoms with Gasteiger partial charge in [-0.3, -0.25) is 0 Å². The van der Waals surface area contributed by atoms with Crippen molar-refractivity contribution in [3.8, 4) is 0 Å². The van der Waals surface area contributed by atoms with E-state index in [0.717, 1.165) is 15.0 Å². The van der Waals surface area contributed by atoms with Crippen molar-refractivity contribution in [1.82, 2.24) is 0 Å². The summed E-state index contributed by atoms with van der Waals surface area (Å²) in [5.41, 5.74) is 7.42. The van der Waals surface area contributed by atoms with E-state index >= 15 is 0 Å². The zero-order valence-electron chi connectivity index (χ0n) is 11.0. The van der Waals surface area contributed by atoms with Crippen LogP contribution in [0.15, 0.2) is 34.8 Å². The maximum atomic E-state index is 11.7. The quantitative estimate of drug-likeness (QED) is 0.799. The van der Waals surface area contributed by atoms with Gasteiger partial charge in [-0.15, -0.1) is 11.3 Å². The van der Waals surface area contributed by atoms with Crippen molar-refractivity contribution in [3.05, 3.63) is 45.2 Å². The number of esters is 1. The molecule has 4 nitrogen and oxygen atoms in total. The minimum absolute atomic E-state index is 0.343. The lowest BCUT2D eigenvalue weighted by Crippen LogP contribution is -2.04. The fraction of sp³-hybridized carbons (Fsp3) is 0.214. The molecule has 0 fully saturated rings. The molecular weight excluding hydrogens is 340 g/mol. The lowest BCUT2D eigenvalue weighted by Gasteiger charge is -2.05. The van der Waals surface area contributed by atoms with Crippen molar-refractivity contribution in [3.63, 3.8) is 0 Å². The van der Waals surface area contributed by atoms with Crippen LogP contribution >= 0.6 is 27.3 Å². The Morgan fingerprint density at radius 3 is 2.90 bits per heavy atom. The highest BCUT2D eigenvalue weighted by Crippen LogP contribution is 2.30. The molecule has 1 heterocycles. The molecule has 106 valence electrons. The maximum absolute atomic E-state index is 11.7. The SMILES string of the molecule is CCOC(=O)c1sc(NCc2ccccc2Br)cc1N. The summed E-state index contributed by atoms with van der Waals surface area (Å²) >= 11 is 4.80. The molecule has 1 aromatic heterocycles. The number of anilines is 2. The highest BCUT2D eigenvalue weighted by atomic mass is 79.9. The second-order valence-electron chi connectivity index (χ2n) is 4.06. The summed E-state index contributed by atoms with van der Waals surface area (Å²) in [6, 6.07) is 9.72. The van der Waals surface area contributed by atoms with E-state index in [1.54, 1.807) is 13.0 Å². The van der Waals surface area contributed by atoms with Gasteiger partial charge in [0.1, 0.15) is 4.88 Å². The molecule has 0 unspecified atom stereocenters. The summed E-state index contributed by atoms with van der Waals surface area (Å²) in [5.74, 6) is -0.371. The highest BCUT2D eigenvalue weighted by molar-refractivity contribution is 9.10. The Kier molecular flexibility index (Phi) is 5.03. The van der Waals surface area contributed by atoms with Gasteiger partial charge in [0.2, 0.25) is 0 Å². The number of carbonyl (C=O) groups is 1. The van der Waals surface area contributed by atoms with Crippen LogP contribution in [0.5, 0.6) is 0 Å². The smallest absolute Gasteiger partial charge is 0.350 e. The third-order valence-electron chi connectivity index (χ3n) is 2.63. The van der Waals surface area contributed by atoms with E-state index in [9.17, 15) is 4.79 Å². The number of benzene rings is 1. The van der Waals surface area contributed by atoms with Crippen molar-refractivity contribution in [2.75, 3.05) is 17.7 Å². The van der Waals surface area contributed by atoms with E-state index < -0.39 is 0 Å². The van der Waals surface area contributed by atoms with E-state index in [4.69, 9.17) is 10.5 Å². The summed E-state index contributed by atoms with van der Waals surface area (Å²) in [5, 5.41) is 4.11. The van der Waals surface area contributed by atoms with Gasteiger partial charge in [0.05, 0.1) is 17.3 Å². The number of nitrogens with two attached hydrogens (primary N) is 1. The molecule has 6 heteroatoms. The number of nitrogens with one attached hydrogen (secondary N) is 1. The first-order valence-corrected chi connectivity index (χ1v) is 7.76. The second-order valence-corrected chi connectivity index (χ2v) is 5.97. The molecule has 1 aromatic carbocycles. The van der Waals surface area contributed by atoms with Gasteiger partial charge in [-0.05, 0) is 24.6 Å². The van der Waals surface area contributed by atoms with Gasteiger partial charge in [0.25, 0.3) is 0 Å². The molecule has 2 aromatic rings. The highest BCUT2D eigenvalue weighted by Gasteiger charge is 2.15. The molecule has 0 aliphatic heterocycles. The Hall–Kier alpha value is -1.53. The topological polar surface area (TPSA) is 64.3 Å². The van der Waals surface area contributed by atoms with E-state index in [-0.39, 0.29) is 5.97 Å². The number of ether oxygens (including phenoxy) is 1. The number of hydrogen-bond acceptors (Lipinski definition) is 5. The zero-order valence-corrected chi connectivity index (χ0v) is 13.4. The summed E-state index contributed by atoms with van der Waals surface area (Å²) < 4.78 is 6.00. The molecule has 3 N–H and O–H groups in total. The minimum Gasteiger partial charge on any atom is -0.462 e. The number of rotatable bonds is 5. The largest absolute Gasteiger partial charge is 0.462 e. The van der Waals surface area contributed by atoms with Gasteiger partial charge in [-0.2, -0.15) is 0 Å². The van der Waals surface area contributed by atoms with Gasteiger partial charge < -0.3 is 15.8 Å². The Labute approximate surface area is 130 Å². The molecule has 0 spiro atoms. The van der Waals surface area contributed by atoms with E-state index in [2.05, 4.69) is 21.2 Å². The number of halogens is 1. The summed E-state index contributed by atoms with van der Waals surface area (Å²) in [6.45, 7) is 2.77. The van der Waals surface area contributed by atoms with Gasteiger partial charge in [0.15, 0.2) is 0 Å². The monoisotopic (exact) mass is 354 g/mol. The van der Waals surface area contributed by atoms with Crippen LogP contribution in [0.25, 0.3) is 0 Å². The van der Waals surface area contributed by atoms with E-state index in [1.807, 2.05) is 24.3 Å². The third kappa shape index (κ3) is 3.52. The molecule has 0 aliphatic rings. The Morgan fingerprint density at radius 2 is 2.20 bits per heavy atom. The zero-order chi connectivity index (χ0) is 14.5. The van der Waals surface area contributed by atoms with Gasteiger partial charge >= 0.3 is 5.97 Å². The lowest BCUT2D eigenvalue weighted by molar-refractivity contribution is 0.0533. The van der Waals surface area contributed by atoms with Crippen LogP contribution in [0, 0.1) is 0 Å². The molecule has 0 aliphatic carbocycles. The normalized spacial score (nSPS) is 10.3. The van der Waals surface area contributed by atoms with Gasteiger partial charge in [-0.1, -0.05) is 34.1 Å². The molecule has 20 heavy (non-hydrogen) atoms. The molecular formula is C14H15BrN2O2S. The van der Waals surface area contributed by atoms with Crippen LogP contribution < -0.4 is 11.1 Å². The van der Waals surface area contributed by atoms with Crippen LogP contribution in [0.2, 0.25) is 0 Å². The average molecular weight is 355 g/mol. The van der Waals surface area contributed by atoms with Crippen LogP contribution in [-0.2, 0) is 11.3 Å². The van der Waals surface area contributed by atoms with Crippen molar-refractivity contribution in [1.29, 1.82) is 0 Å². The standard InChI is InChI=1S/C14H15BrN2O2S/c1-2-19-14(18)13-11(16)7-12(20-13)17-8-9-5-3-4-6-10(9)15/h3-7,17H,2,8,16H2,1H3. The predicted octanol–water partition coefficient (Wildman–Crippen LogP) is 3.88. The maximum Gasteiger partial charge on any atom is 0.350 e. The number of hydrogen-bond donors (Lipinski definition) is 2. The number of carbonyl (C=O) groups excluding carboxylic acids is 1. The first-order valence-electron chi connectivity index (χ1n) is 6.15. The molecule has 0 amide bonds. The Morgan fingerprint density at radius 1 is 1.45 bits per heavy atom. The van der Waals surface area contributed by atoms with Gasteiger partial charge in [0, 0.05) is 11.0 Å². The minimum atomic E-state index is -0.371. The number of nitrogen functional groups attached to an aromatic ring is 1. The Balaban J connectivity index is 2.06. The Bertz CT molecular complexity index is 613. The molecule has 0 saturated carbocycles. The molecule has 2 rings (SSSR count).